The van der Waals surface area contributed by atoms with Gasteiger partial charge in [0.05, 0.1) is 0 Å². The van der Waals surface area contributed by atoms with Crippen molar-refractivity contribution in [3.8, 4) is 0 Å². The van der Waals surface area contributed by atoms with Crippen molar-refractivity contribution in [1.29, 1.82) is 0 Å². The van der Waals surface area contributed by atoms with Crippen molar-refractivity contribution in [1.82, 2.24) is 0 Å². The third kappa shape index (κ3) is 1.11. The Hall–Kier alpha value is 0.0400. The standard InChI is InChI=1S/C9H6Br2F2/c10-7-8(11,9(7,12)13)6-4-2-1-3-5-6/h1-5,7H. The molecule has 2 unspecified atom stereocenters. The topological polar surface area (TPSA) is 0 Å². The van der Waals surface area contributed by atoms with Crippen LogP contribution in [-0.4, -0.2) is 10.7 Å². The van der Waals surface area contributed by atoms with Gasteiger partial charge in [-0.1, -0.05) is 62.2 Å². The molecule has 2 rings (SSSR count). The molecule has 13 heavy (non-hydrogen) atoms. The van der Waals surface area contributed by atoms with E-state index in [1.807, 2.05) is 6.07 Å². The van der Waals surface area contributed by atoms with Gasteiger partial charge < -0.3 is 0 Å². The highest BCUT2D eigenvalue weighted by atomic mass is 79.9. The highest BCUT2D eigenvalue weighted by Crippen LogP contribution is 2.69. The molecule has 2 atom stereocenters. The van der Waals surface area contributed by atoms with Crippen LogP contribution < -0.4 is 0 Å². The minimum Gasteiger partial charge on any atom is -0.203 e. The Morgan fingerprint density at radius 1 is 1.15 bits per heavy atom. The predicted octanol–water partition coefficient (Wildman–Crippen LogP) is 3.69. The van der Waals surface area contributed by atoms with Gasteiger partial charge in [-0.2, -0.15) is 0 Å². The van der Waals surface area contributed by atoms with E-state index in [2.05, 4.69) is 31.9 Å². The molecule has 1 fully saturated rings. The second kappa shape index (κ2) is 2.76. The van der Waals surface area contributed by atoms with E-state index >= 15 is 0 Å². The number of rotatable bonds is 1. The predicted molar refractivity (Wildman–Crippen MR) is 54.7 cm³/mol. The van der Waals surface area contributed by atoms with Crippen molar-refractivity contribution >= 4 is 31.9 Å². The summed E-state index contributed by atoms with van der Waals surface area (Å²) < 4.78 is 25.1. The van der Waals surface area contributed by atoms with Gasteiger partial charge >= 0.3 is 0 Å². The molecule has 1 saturated carbocycles. The van der Waals surface area contributed by atoms with Gasteiger partial charge in [-0.15, -0.1) is 0 Å². The van der Waals surface area contributed by atoms with Crippen LogP contribution in [0.15, 0.2) is 30.3 Å². The summed E-state index contributed by atoms with van der Waals surface area (Å²) >= 11 is 6.05. The minimum atomic E-state index is -2.70. The summed E-state index contributed by atoms with van der Waals surface area (Å²) in [4.78, 5) is -0.810. The smallest absolute Gasteiger partial charge is 0.203 e. The molecule has 1 aromatic carbocycles. The first-order valence-corrected chi connectivity index (χ1v) is 5.48. The minimum absolute atomic E-state index is 0.613. The second-order valence-electron chi connectivity index (χ2n) is 3.06. The first-order chi connectivity index (χ1) is 6.01. The molecule has 0 nitrogen and oxygen atoms in total. The molecule has 0 spiro atoms. The van der Waals surface area contributed by atoms with Gasteiger partial charge in [0.2, 0.25) is 0 Å². The quantitative estimate of drug-likeness (QED) is 0.694. The molecule has 0 heterocycles. The van der Waals surface area contributed by atoms with E-state index in [4.69, 9.17) is 0 Å². The molecule has 0 bridgehead atoms. The zero-order valence-electron chi connectivity index (χ0n) is 6.48. The van der Waals surface area contributed by atoms with Crippen LogP contribution in [-0.2, 0) is 4.32 Å². The monoisotopic (exact) mass is 310 g/mol. The van der Waals surface area contributed by atoms with Crippen molar-refractivity contribution < 1.29 is 8.78 Å². The molecular weight excluding hydrogens is 306 g/mol. The van der Waals surface area contributed by atoms with Crippen LogP contribution in [0.1, 0.15) is 5.56 Å². The van der Waals surface area contributed by atoms with E-state index in [1.54, 1.807) is 24.3 Å². The van der Waals surface area contributed by atoms with E-state index in [0.717, 1.165) is 0 Å². The lowest BCUT2D eigenvalue weighted by Gasteiger charge is -2.07. The number of halogens is 4. The lowest BCUT2D eigenvalue weighted by atomic mass is 10.1. The van der Waals surface area contributed by atoms with E-state index in [-0.39, 0.29) is 0 Å². The Bertz CT molecular complexity index is 326. The van der Waals surface area contributed by atoms with Crippen molar-refractivity contribution in [3.05, 3.63) is 35.9 Å². The third-order valence-electron chi connectivity index (χ3n) is 2.26. The zero-order chi connectivity index (χ0) is 9.69. The summed E-state index contributed by atoms with van der Waals surface area (Å²) in [6.07, 6.45) is 0. The maximum atomic E-state index is 13.2. The molecule has 0 radical (unpaired) electrons. The van der Waals surface area contributed by atoms with E-state index in [9.17, 15) is 8.78 Å². The van der Waals surface area contributed by atoms with Crippen molar-refractivity contribution in [2.24, 2.45) is 0 Å². The van der Waals surface area contributed by atoms with Crippen LogP contribution >= 0.6 is 31.9 Å². The summed E-state index contributed by atoms with van der Waals surface area (Å²) in [5, 5.41) is 0. The fourth-order valence-electron chi connectivity index (χ4n) is 1.35. The Kier molecular flexibility index (Phi) is 2.04. The highest BCUT2D eigenvalue weighted by molar-refractivity contribution is 9.13. The Balaban J connectivity index is 2.40. The van der Waals surface area contributed by atoms with Gasteiger partial charge in [0, 0.05) is 0 Å². The average molecular weight is 312 g/mol. The van der Waals surface area contributed by atoms with E-state index < -0.39 is 15.1 Å². The Labute approximate surface area is 91.6 Å². The van der Waals surface area contributed by atoms with Crippen LogP contribution in [0.2, 0.25) is 0 Å². The first-order valence-electron chi connectivity index (χ1n) is 3.77. The lowest BCUT2D eigenvalue weighted by molar-refractivity contribution is 0.110. The number of benzene rings is 1. The SMILES string of the molecule is FC1(F)C(Br)C1(Br)c1ccccc1. The maximum absolute atomic E-state index is 13.2. The molecule has 1 aliphatic rings. The molecule has 0 saturated heterocycles. The molecule has 4 heteroatoms. The first kappa shape index (κ1) is 9.59. The van der Waals surface area contributed by atoms with Gasteiger partial charge in [0.15, 0.2) is 0 Å². The van der Waals surface area contributed by atoms with Crippen LogP contribution in [0.5, 0.6) is 0 Å². The second-order valence-corrected chi connectivity index (χ2v) is 5.23. The normalized spacial score (nSPS) is 35.8. The van der Waals surface area contributed by atoms with Crippen LogP contribution in [0.25, 0.3) is 0 Å². The lowest BCUT2D eigenvalue weighted by Crippen LogP contribution is -2.07. The van der Waals surface area contributed by atoms with Crippen molar-refractivity contribution in [2.45, 2.75) is 15.1 Å². The molecule has 0 amide bonds. The average Bonchev–Trinajstić information content (AvgIpc) is 2.53. The number of alkyl halides is 4. The summed E-state index contributed by atoms with van der Waals surface area (Å²) in [5.74, 6) is -2.70. The fourth-order valence-corrected chi connectivity index (χ4v) is 3.13. The van der Waals surface area contributed by atoms with Crippen molar-refractivity contribution in [2.75, 3.05) is 0 Å². The summed E-state index contributed by atoms with van der Waals surface area (Å²) in [5.41, 5.74) is 0.613. The number of hydrogen-bond acceptors (Lipinski definition) is 0. The molecule has 0 aromatic heterocycles. The maximum Gasteiger partial charge on any atom is 0.282 e. The van der Waals surface area contributed by atoms with Crippen molar-refractivity contribution in [3.63, 3.8) is 0 Å². The largest absolute Gasteiger partial charge is 0.282 e. The third-order valence-corrected chi connectivity index (χ3v) is 5.58. The summed E-state index contributed by atoms with van der Waals surface area (Å²) in [7, 11) is 0. The zero-order valence-corrected chi connectivity index (χ0v) is 9.65. The van der Waals surface area contributed by atoms with Gasteiger partial charge in [-0.25, -0.2) is 8.78 Å². The van der Waals surface area contributed by atoms with Gasteiger partial charge in [-0.3, -0.25) is 0 Å². The highest BCUT2D eigenvalue weighted by Gasteiger charge is 2.79. The van der Waals surface area contributed by atoms with Gasteiger partial charge in [0.25, 0.3) is 5.92 Å². The Morgan fingerprint density at radius 3 is 2.00 bits per heavy atom. The summed E-state index contributed by atoms with van der Waals surface area (Å²) in [6.45, 7) is 0. The molecule has 0 aliphatic heterocycles. The van der Waals surface area contributed by atoms with Crippen LogP contribution in [0, 0.1) is 0 Å². The molecule has 1 aliphatic carbocycles. The molecule has 1 aromatic rings. The van der Waals surface area contributed by atoms with Gasteiger partial charge in [0.1, 0.15) is 9.15 Å². The fraction of sp³-hybridized carbons (Fsp3) is 0.333. The van der Waals surface area contributed by atoms with Gasteiger partial charge in [-0.05, 0) is 5.56 Å². The molecular formula is C9H6Br2F2. The number of hydrogen-bond donors (Lipinski definition) is 0. The molecule has 70 valence electrons. The van der Waals surface area contributed by atoms with E-state index in [1.165, 1.54) is 0 Å². The Morgan fingerprint density at radius 2 is 1.62 bits per heavy atom. The molecule has 0 N–H and O–H groups in total. The van der Waals surface area contributed by atoms with Crippen LogP contribution in [0.3, 0.4) is 0 Å². The van der Waals surface area contributed by atoms with E-state index in [0.29, 0.717) is 5.56 Å². The van der Waals surface area contributed by atoms with Crippen LogP contribution in [0.4, 0.5) is 8.78 Å². The summed E-state index contributed by atoms with van der Waals surface area (Å²) in [6, 6.07) is 8.72.